The topological polar surface area (TPSA) is 55.4 Å². The van der Waals surface area contributed by atoms with Gasteiger partial charge in [-0.3, -0.25) is 4.79 Å². The highest BCUT2D eigenvalue weighted by molar-refractivity contribution is 7.17. The van der Waals surface area contributed by atoms with Crippen molar-refractivity contribution in [3.05, 3.63) is 51.9 Å². The zero-order valence-electron chi connectivity index (χ0n) is 16.9. The molecule has 0 saturated heterocycles. The van der Waals surface area contributed by atoms with Gasteiger partial charge in [0.1, 0.15) is 5.00 Å². The number of hydrogen-bond acceptors (Lipinski definition) is 4. The minimum atomic E-state index is -0.321. The first-order valence-corrected chi connectivity index (χ1v) is 11.1. The van der Waals surface area contributed by atoms with Gasteiger partial charge in [0.25, 0.3) is 0 Å². The number of nitrogens with one attached hydrogen (secondary N) is 1. The maximum Gasteiger partial charge on any atom is 0.341 e. The number of carbonyl (C=O) groups is 2. The first kappa shape index (κ1) is 20.6. The number of anilines is 1. The van der Waals surface area contributed by atoms with Gasteiger partial charge in [0.05, 0.1) is 18.1 Å². The number of rotatable bonds is 7. The smallest absolute Gasteiger partial charge is 0.341 e. The van der Waals surface area contributed by atoms with Crippen molar-refractivity contribution < 1.29 is 14.3 Å². The van der Waals surface area contributed by atoms with Crippen molar-refractivity contribution >= 4 is 28.2 Å². The molecule has 0 fully saturated rings. The third kappa shape index (κ3) is 4.30. The SMILES string of the molecule is CCOC(=O)c1c(NC(=O)C(CC)c2ccccc2)sc2c1CCC(CC)C2. The molecule has 1 aliphatic rings. The number of esters is 1. The van der Waals surface area contributed by atoms with Crippen molar-refractivity contribution in [2.45, 2.75) is 58.8 Å². The normalized spacial score (nSPS) is 16.9. The number of benzene rings is 1. The Bertz CT molecular complexity index is 828. The Labute approximate surface area is 171 Å². The summed E-state index contributed by atoms with van der Waals surface area (Å²) < 4.78 is 5.32. The lowest BCUT2D eigenvalue weighted by Crippen LogP contribution is -2.22. The fourth-order valence-electron chi connectivity index (χ4n) is 3.97. The van der Waals surface area contributed by atoms with Crippen LogP contribution in [0, 0.1) is 5.92 Å². The quantitative estimate of drug-likeness (QED) is 0.619. The van der Waals surface area contributed by atoms with E-state index in [2.05, 4.69) is 12.2 Å². The van der Waals surface area contributed by atoms with Crippen LogP contribution in [0.4, 0.5) is 5.00 Å². The lowest BCUT2D eigenvalue weighted by molar-refractivity contribution is -0.117. The number of ether oxygens (including phenoxy) is 1. The second-order valence-corrected chi connectivity index (χ2v) is 8.41. The maximum absolute atomic E-state index is 13.1. The van der Waals surface area contributed by atoms with Gasteiger partial charge in [-0.2, -0.15) is 0 Å². The molecule has 0 saturated carbocycles. The monoisotopic (exact) mass is 399 g/mol. The number of fused-ring (bicyclic) bond motifs is 1. The summed E-state index contributed by atoms with van der Waals surface area (Å²) in [5, 5.41) is 3.72. The molecule has 0 spiro atoms. The van der Waals surface area contributed by atoms with Crippen LogP contribution in [0.3, 0.4) is 0 Å². The van der Waals surface area contributed by atoms with E-state index in [0.29, 0.717) is 29.5 Å². The van der Waals surface area contributed by atoms with Crippen molar-refractivity contribution in [2.24, 2.45) is 5.92 Å². The Morgan fingerprint density at radius 3 is 2.61 bits per heavy atom. The van der Waals surface area contributed by atoms with Crippen LogP contribution >= 0.6 is 11.3 Å². The fourth-order valence-corrected chi connectivity index (χ4v) is 5.32. The van der Waals surface area contributed by atoms with E-state index >= 15 is 0 Å². The van der Waals surface area contributed by atoms with Crippen LogP contribution in [0.25, 0.3) is 0 Å². The number of hydrogen-bond donors (Lipinski definition) is 1. The summed E-state index contributed by atoms with van der Waals surface area (Å²) in [5.41, 5.74) is 2.65. The molecular weight excluding hydrogens is 370 g/mol. The molecule has 28 heavy (non-hydrogen) atoms. The van der Waals surface area contributed by atoms with Crippen molar-refractivity contribution in [1.82, 2.24) is 0 Å². The zero-order chi connectivity index (χ0) is 20.1. The van der Waals surface area contributed by atoms with Gasteiger partial charge < -0.3 is 10.1 Å². The van der Waals surface area contributed by atoms with Crippen LogP contribution in [-0.2, 0) is 22.4 Å². The summed E-state index contributed by atoms with van der Waals surface area (Å²) in [7, 11) is 0. The molecule has 0 aliphatic heterocycles. The Kier molecular flexibility index (Phi) is 6.89. The van der Waals surface area contributed by atoms with Crippen molar-refractivity contribution in [3.8, 4) is 0 Å². The Morgan fingerprint density at radius 1 is 1.21 bits per heavy atom. The van der Waals surface area contributed by atoms with Crippen LogP contribution in [-0.4, -0.2) is 18.5 Å². The molecule has 1 aromatic carbocycles. The first-order chi connectivity index (χ1) is 13.6. The molecule has 4 nitrogen and oxygen atoms in total. The van der Waals surface area contributed by atoms with Gasteiger partial charge in [0, 0.05) is 4.88 Å². The summed E-state index contributed by atoms with van der Waals surface area (Å²) >= 11 is 1.55. The molecule has 0 bridgehead atoms. The van der Waals surface area contributed by atoms with E-state index in [9.17, 15) is 9.59 Å². The predicted octanol–water partition coefficient (Wildman–Crippen LogP) is 5.57. The Morgan fingerprint density at radius 2 is 1.96 bits per heavy atom. The molecule has 1 heterocycles. The van der Waals surface area contributed by atoms with Crippen LogP contribution in [0.15, 0.2) is 30.3 Å². The second kappa shape index (κ2) is 9.37. The number of amides is 1. The van der Waals surface area contributed by atoms with E-state index in [0.717, 1.165) is 36.8 Å². The van der Waals surface area contributed by atoms with Crippen LogP contribution in [0.5, 0.6) is 0 Å². The lowest BCUT2D eigenvalue weighted by atomic mass is 9.85. The highest BCUT2D eigenvalue weighted by Gasteiger charge is 2.31. The van der Waals surface area contributed by atoms with Crippen molar-refractivity contribution in [1.29, 1.82) is 0 Å². The van der Waals surface area contributed by atoms with Crippen LogP contribution in [0.1, 0.15) is 72.3 Å². The molecule has 2 unspecified atom stereocenters. The zero-order valence-corrected chi connectivity index (χ0v) is 17.7. The van der Waals surface area contributed by atoms with E-state index in [4.69, 9.17) is 4.74 Å². The highest BCUT2D eigenvalue weighted by Crippen LogP contribution is 2.41. The van der Waals surface area contributed by atoms with Gasteiger partial charge in [-0.25, -0.2) is 4.79 Å². The van der Waals surface area contributed by atoms with Crippen LogP contribution in [0.2, 0.25) is 0 Å². The van der Waals surface area contributed by atoms with E-state index in [1.165, 1.54) is 4.88 Å². The van der Waals surface area contributed by atoms with E-state index in [-0.39, 0.29) is 17.8 Å². The van der Waals surface area contributed by atoms with Gasteiger partial charge in [0.2, 0.25) is 5.91 Å². The van der Waals surface area contributed by atoms with E-state index in [1.54, 1.807) is 11.3 Å². The van der Waals surface area contributed by atoms with Gasteiger partial charge in [-0.15, -0.1) is 11.3 Å². The second-order valence-electron chi connectivity index (χ2n) is 7.31. The molecule has 1 amide bonds. The molecule has 0 radical (unpaired) electrons. The van der Waals surface area contributed by atoms with Gasteiger partial charge in [-0.1, -0.05) is 50.6 Å². The molecule has 2 atom stereocenters. The highest BCUT2D eigenvalue weighted by atomic mass is 32.1. The summed E-state index contributed by atoms with van der Waals surface area (Å²) in [6.07, 6.45) is 4.79. The molecule has 150 valence electrons. The fraction of sp³-hybridized carbons (Fsp3) is 0.478. The number of thiophene rings is 1. The predicted molar refractivity (Wildman–Crippen MR) is 114 cm³/mol. The first-order valence-electron chi connectivity index (χ1n) is 10.3. The third-order valence-corrected chi connectivity index (χ3v) is 6.76. The molecule has 1 N–H and O–H groups in total. The van der Waals surface area contributed by atoms with Crippen LogP contribution < -0.4 is 5.32 Å². The van der Waals surface area contributed by atoms with Crippen molar-refractivity contribution in [2.75, 3.05) is 11.9 Å². The minimum Gasteiger partial charge on any atom is -0.462 e. The molecule has 1 aromatic heterocycles. The Hall–Kier alpha value is -2.14. The summed E-state index contributed by atoms with van der Waals surface area (Å²) in [6.45, 7) is 6.36. The third-order valence-electron chi connectivity index (χ3n) is 5.59. The van der Waals surface area contributed by atoms with Gasteiger partial charge in [0.15, 0.2) is 0 Å². The van der Waals surface area contributed by atoms with Gasteiger partial charge in [-0.05, 0) is 49.7 Å². The number of carbonyl (C=O) groups excluding carboxylic acids is 2. The molecule has 5 heteroatoms. The molecule has 3 rings (SSSR count). The Balaban J connectivity index is 1.91. The lowest BCUT2D eigenvalue weighted by Gasteiger charge is -2.21. The standard InChI is InChI=1S/C23H29NO3S/c1-4-15-12-13-18-19(14-15)28-22(20(18)23(26)27-6-3)24-21(25)17(5-2)16-10-8-7-9-11-16/h7-11,15,17H,4-6,12-14H2,1-3H3,(H,24,25). The summed E-state index contributed by atoms with van der Waals surface area (Å²) in [5.74, 6) is 0.0270. The summed E-state index contributed by atoms with van der Waals surface area (Å²) in [6, 6.07) is 9.80. The van der Waals surface area contributed by atoms with E-state index in [1.807, 2.05) is 44.2 Å². The largest absolute Gasteiger partial charge is 0.462 e. The van der Waals surface area contributed by atoms with E-state index < -0.39 is 0 Å². The molecular formula is C23H29NO3S. The van der Waals surface area contributed by atoms with Gasteiger partial charge >= 0.3 is 5.97 Å². The minimum absolute atomic E-state index is 0.0649. The maximum atomic E-state index is 13.1. The summed E-state index contributed by atoms with van der Waals surface area (Å²) in [4.78, 5) is 27.0. The van der Waals surface area contributed by atoms with Crippen molar-refractivity contribution in [3.63, 3.8) is 0 Å². The average Bonchev–Trinajstić information content (AvgIpc) is 3.06. The molecule has 1 aliphatic carbocycles. The molecule has 2 aromatic rings. The average molecular weight is 400 g/mol.